The summed E-state index contributed by atoms with van der Waals surface area (Å²) in [5.74, 6) is -0.780. The van der Waals surface area contributed by atoms with Crippen LogP contribution in [0.25, 0.3) is 0 Å². The molecule has 2 N–H and O–H groups in total. The Morgan fingerprint density at radius 3 is 2.57 bits per heavy atom. The van der Waals surface area contributed by atoms with Gasteiger partial charge in [-0.1, -0.05) is 19.4 Å². The van der Waals surface area contributed by atoms with Gasteiger partial charge in [0.25, 0.3) is 0 Å². The molecular formula is C10H15NO3. The van der Waals surface area contributed by atoms with E-state index in [0.29, 0.717) is 5.92 Å². The van der Waals surface area contributed by atoms with E-state index in [1.807, 2.05) is 6.92 Å². The number of carboxylic acid groups (broad SMARTS) is 1. The highest BCUT2D eigenvalue weighted by Crippen LogP contribution is 2.41. The summed E-state index contributed by atoms with van der Waals surface area (Å²) in [5.41, 5.74) is -0.0308. The van der Waals surface area contributed by atoms with Crippen LogP contribution in [0.3, 0.4) is 0 Å². The van der Waals surface area contributed by atoms with Crippen LogP contribution < -0.4 is 5.32 Å². The maximum atomic E-state index is 11.4. The minimum Gasteiger partial charge on any atom is -0.477 e. The fourth-order valence-electron chi connectivity index (χ4n) is 1.49. The van der Waals surface area contributed by atoms with E-state index >= 15 is 0 Å². The normalized spacial score (nSPS) is 25.7. The lowest BCUT2D eigenvalue weighted by Crippen LogP contribution is -2.28. The lowest BCUT2D eigenvalue weighted by atomic mass is 10.2. The highest BCUT2D eigenvalue weighted by atomic mass is 16.4. The minimum absolute atomic E-state index is 0.0225. The van der Waals surface area contributed by atoms with E-state index in [2.05, 4.69) is 5.32 Å². The smallest absolute Gasteiger partial charge is 0.352 e. The van der Waals surface area contributed by atoms with Crippen molar-refractivity contribution in [3.05, 3.63) is 11.8 Å². The summed E-state index contributed by atoms with van der Waals surface area (Å²) in [6, 6.07) is 0. The van der Waals surface area contributed by atoms with Crippen molar-refractivity contribution in [1.29, 1.82) is 0 Å². The van der Waals surface area contributed by atoms with Gasteiger partial charge >= 0.3 is 5.97 Å². The second-order valence-electron chi connectivity index (χ2n) is 3.51. The first-order valence-corrected chi connectivity index (χ1v) is 4.80. The molecule has 2 atom stereocenters. The Hall–Kier alpha value is -1.32. The number of allylic oxidation sites excluding steroid dienone is 1. The van der Waals surface area contributed by atoms with Crippen LogP contribution in [0, 0.1) is 11.8 Å². The molecule has 0 bridgehead atoms. The van der Waals surface area contributed by atoms with E-state index in [4.69, 9.17) is 5.11 Å². The molecule has 14 heavy (non-hydrogen) atoms. The molecule has 1 fully saturated rings. The predicted octanol–water partition coefficient (Wildman–Crippen LogP) is 1.14. The molecule has 0 aromatic heterocycles. The Kier molecular flexibility index (Phi) is 3.28. The van der Waals surface area contributed by atoms with Crippen LogP contribution in [-0.4, -0.2) is 17.0 Å². The zero-order chi connectivity index (χ0) is 10.7. The highest BCUT2D eigenvalue weighted by molar-refractivity contribution is 5.94. The number of nitrogens with one attached hydrogen (secondary N) is 1. The molecule has 0 aromatic rings. The Labute approximate surface area is 83.0 Å². The molecule has 0 saturated heterocycles. The van der Waals surface area contributed by atoms with Crippen LogP contribution in [0.1, 0.15) is 26.7 Å². The summed E-state index contributed by atoms with van der Waals surface area (Å²) >= 11 is 0. The zero-order valence-corrected chi connectivity index (χ0v) is 8.41. The highest BCUT2D eigenvalue weighted by Gasteiger charge is 2.41. The first-order chi connectivity index (χ1) is 6.60. The van der Waals surface area contributed by atoms with Crippen molar-refractivity contribution in [3.8, 4) is 0 Å². The Balaban J connectivity index is 2.45. The van der Waals surface area contributed by atoms with Crippen molar-refractivity contribution < 1.29 is 14.7 Å². The molecule has 1 aliphatic rings. The molecule has 0 heterocycles. The topological polar surface area (TPSA) is 66.4 Å². The molecule has 2 unspecified atom stereocenters. The second-order valence-corrected chi connectivity index (χ2v) is 3.51. The van der Waals surface area contributed by atoms with Gasteiger partial charge in [-0.05, 0) is 19.3 Å². The fraction of sp³-hybridized carbons (Fsp3) is 0.600. The van der Waals surface area contributed by atoms with Crippen LogP contribution >= 0.6 is 0 Å². The standard InChI is InChI=1S/C10H15NO3/c1-3-6-5-7(6)9(12)11-8(4-2)10(13)14/h4,6-7H,3,5H2,1-2H3,(H,11,12)(H,13,14)/b8-4+. The average molecular weight is 197 g/mol. The predicted molar refractivity (Wildman–Crippen MR) is 51.4 cm³/mol. The molecule has 78 valence electrons. The van der Waals surface area contributed by atoms with Gasteiger partial charge in [0, 0.05) is 5.92 Å². The van der Waals surface area contributed by atoms with Gasteiger partial charge in [0.1, 0.15) is 5.70 Å². The first-order valence-electron chi connectivity index (χ1n) is 4.80. The maximum absolute atomic E-state index is 11.4. The average Bonchev–Trinajstić information content (AvgIpc) is 2.92. The first kappa shape index (κ1) is 10.8. The number of hydrogen-bond donors (Lipinski definition) is 2. The summed E-state index contributed by atoms with van der Waals surface area (Å²) in [4.78, 5) is 22.0. The minimum atomic E-state index is -1.09. The van der Waals surface area contributed by atoms with Crippen LogP contribution in [0.2, 0.25) is 0 Å². The summed E-state index contributed by atoms with van der Waals surface area (Å²) in [7, 11) is 0. The summed E-state index contributed by atoms with van der Waals surface area (Å²) < 4.78 is 0. The Morgan fingerprint density at radius 2 is 2.21 bits per heavy atom. The summed E-state index contributed by atoms with van der Waals surface area (Å²) in [6.07, 6.45) is 3.26. The Bertz CT molecular complexity index is 283. The number of carbonyl (C=O) groups is 2. The van der Waals surface area contributed by atoms with Crippen molar-refractivity contribution in [2.75, 3.05) is 0 Å². The van der Waals surface area contributed by atoms with Gasteiger partial charge in [-0.3, -0.25) is 4.79 Å². The zero-order valence-electron chi connectivity index (χ0n) is 8.41. The van der Waals surface area contributed by atoms with E-state index in [-0.39, 0.29) is 17.5 Å². The van der Waals surface area contributed by atoms with Crippen molar-refractivity contribution in [1.82, 2.24) is 5.32 Å². The largest absolute Gasteiger partial charge is 0.477 e. The molecule has 1 aliphatic carbocycles. The molecular weight excluding hydrogens is 182 g/mol. The van der Waals surface area contributed by atoms with Crippen molar-refractivity contribution in [2.45, 2.75) is 26.7 Å². The molecule has 4 heteroatoms. The van der Waals surface area contributed by atoms with Crippen molar-refractivity contribution in [3.63, 3.8) is 0 Å². The van der Waals surface area contributed by atoms with Gasteiger partial charge in [-0.25, -0.2) is 4.79 Å². The monoisotopic (exact) mass is 197 g/mol. The van der Waals surface area contributed by atoms with E-state index in [1.54, 1.807) is 6.92 Å². The SMILES string of the molecule is C/C=C(/NC(=O)C1CC1CC)C(=O)O. The number of hydrogen-bond acceptors (Lipinski definition) is 2. The molecule has 1 amide bonds. The molecule has 1 rings (SSSR count). The van der Waals surface area contributed by atoms with Gasteiger partial charge in [-0.2, -0.15) is 0 Å². The third-order valence-corrected chi connectivity index (χ3v) is 2.56. The lowest BCUT2D eigenvalue weighted by Gasteiger charge is -2.03. The number of rotatable bonds is 4. The number of amides is 1. The number of carbonyl (C=O) groups excluding carboxylic acids is 1. The lowest BCUT2D eigenvalue weighted by molar-refractivity contribution is -0.134. The molecule has 0 spiro atoms. The van der Waals surface area contributed by atoms with E-state index in [0.717, 1.165) is 12.8 Å². The molecule has 0 aliphatic heterocycles. The van der Waals surface area contributed by atoms with Gasteiger partial charge in [-0.15, -0.1) is 0 Å². The van der Waals surface area contributed by atoms with Crippen molar-refractivity contribution in [2.24, 2.45) is 11.8 Å². The third kappa shape index (κ3) is 2.34. The van der Waals surface area contributed by atoms with Crippen LogP contribution in [-0.2, 0) is 9.59 Å². The molecule has 0 aromatic carbocycles. The summed E-state index contributed by atoms with van der Waals surface area (Å²) in [5, 5.41) is 11.1. The van der Waals surface area contributed by atoms with Gasteiger partial charge in [0.2, 0.25) is 5.91 Å². The number of carboxylic acids is 1. The van der Waals surface area contributed by atoms with Crippen molar-refractivity contribution >= 4 is 11.9 Å². The quantitative estimate of drug-likeness (QED) is 0.664. The van der Waals surface area contributed by atoms with Gasteiger partial charge in [0.05, 0.1) is 0 Å². The summed E-state index contributed by atoms with van der Waals surface area (Å²) in [6.45, 7) is 3.62. The molecule has 0 radical (unpaired) electrons. The van der Waals surface area contributed by atoms with E-state index < -0.39 is 5.97 Å². The fourth-order valence-corrected chi connectivity index (χ4v) is 1.49. The molecule has 4 nitrogen and oxygen atoms in total. The second kappa shape index (κ2) is 4.26. The van der Waals surface area contributed by atoms with E-state index in [1.165, 1.54) is 6.08 Å². The number of aliphatic carboxylic acids is 1. The third-order valence-electron chi connectivity index (χ3n) is 2.56. The van der Waals surface area contributed by atoms with Gasteiger partial charge < -0.3 is 10.4 Å². The Morgan fingerprint density at radius 1 is 1.57 bits per heavy atom. The van der Waals surface area contributed by atoms with Crippen LogP contribution in [0.15, 0.2) is 11.8 Å². The molecule has 1 saturated carbocycles. The van der Waals surface area contributed by atoms with E-state index in [9.17, 15) is 9.59 Å². The van der Waals surface area contributed by atoms with Gasteiger partial charge in [0.15, 0.2) is 0 Å². The maximum Gasteiger partial charge on any atom is 0.352 e. The van der Waals surface area contributed by atoms with Crippen LogP contribution in [0.4, 0.5) is 0 Å². The van der Waals surface area contributed by atoms with Crippen LogP contribution in [0.5, 0.6) is 0 Å².